The third-order valence-electron chi connectivity index (χ3n) is 5.99. The molecule has 0 saturated heterocycles. The van der Waals surface area contributed by atoms with E-state index in [-0.39, 0.29) is 10.8 Å². The molecule has 4 nitrogen and oxygen atoms in total. The molecule has 0 amide bonds. The molecule has 3 aliphatic rings. The number of thioether (sulfide) groups is 1. The number of carboxylic acids is 1. The number of thiazole rings is 1. The molecule has 1 aliphatic heterocycles. The van der Waals surface area contributed by atoms with Crippen molar-refractivity contribution in [2.45, 2.75) is 35.5 Å². The monoisotopic (exact) mass is 359 g/mol. The van der Waals surface area contributed by atoms with Crippen LogP contribution in [-0.2, 0) is 0 Å². The Hall–Kier alpha value is -1.53. The van der Waals surface area contributed by atoms with Gasteiger partial charge in [-0.15, -0.1) is 11.8 Å². The van der Waals surface area contributed by atoms with Crippen LogP contribution in [0.4, 0.5) is 0 Å². The maximum Gasteiger partial charge on any atom is 0.335 e. The number of H-pyrrole nitrogens is 1. The topological polar surface area (TPSA) is 70.2 Å². The molecule has 6 heteroatoms. The van der Waals surface area contributed by atoms with E-state index in [1.165, 1.54) is 30.6 Å². The van der Waals surface area contributed by atoms with E-state index in [9.17, 15) is 14.7 Å². The molecule has 2 aromatic rings. The van der Waals surface area contributed by atoms with Crippen LogP contribution in [0.3, 0.4) is 0 Å². The highest BCUT2D eigenvalue weighted by Gasteiger charge is 2.55. The first-order valence-corrected chi connectivity index (χ1v) is 10.0. The molecular formula is C18H17NO3S2. The predicted molar refractivity (Wildman–Crippen MR) is 94.2 cm³/mol. The summed E-state index contributed by atoms with van der Waals surface area (Å²) in [5, 5.41) is 11.1. The average molecular weight is 359 g/mol. The van der Waals surface area contributed by atoms with Gasteiger partial charge in [0, 0.05) is 16.0 Å². The lowest BCUT2D eigenvalue weighted by Crippen LogP contribution is -2.34. The number of aromatic nitrogens is 1. The zero-order valence-corrected chi connectivity index (χ0v) is 14.5. The van der Waals surface area contributed by atoms with Gasteiger partial charge in [-0.1, -0.05) is 29.5 Å². The zero-order chi connectivity index (χ0) is 16.4. The highest BCUT2D eigenvalue weighted by atomic mass is 32.2. The van der Waals surface area contributed by atoms with Crippen LogP contribution in [0, 0.1) is 17.8 Å². The summed E-state index contributed by atoms with van der Waals surface area (Å²) < 4.78 is 0. The second-order valence-electron chi connectivity index (χ2n) is 7.07. The molecule has 0 radical (unpaired) electrons. The second kappa shape index (κ2) is 5.23. The van der Waals surface area contributed by atoms with E-state index in [1.807, 2.05) is 23.9 Å². The summed E-state index contributed by atoms with van der Waals surface area (Å²) in [6.45, 7) is 0. The third-order valence-corrected chi connectivity index (χ3v) is 8.62. The van der Waals surface area contributed by atoms with Crippen molar-refractivity contribution in [1.82, 2.24) is 4.98 Å². The van der Waals surface area contributed by atoms with Crippen LogP contribution in [0.25, 0.3) is 0 Å². The summed E-state index contributed by atoms with van der Waals surface area (Å²) in [6, 6.07) is 7.34. The Balaban J connectivity index is 1.73. The number of rotatable bonds is 2. The number of benzene rings is 1. The van der Waals surface area contributed by atoms with E-state index in [1.54, 1.807) is 12.1 Å². The third kappa shape index (κ3) is 1.99. The summed E-state index contributed by atoms with van der Waals surface area (Å²) in [5.41, 5.74) is 1.26. The Morgan fingerprint density at radius 2 is 2.00 bits per heavy atom. The Labute approximate surface area is 147 Å². The minimum atomic E-state index is -0.882. The summed E-state index contributed by atoms with van der Waals surface area (Å²) >= 11 is 3.10. The minimum Gasteiger partial charge on any atom is -0.478 e. The van der Waals surface area contributed by atoms with Crippen LogP contribution in [0.2, 0.25) is 0 Å². The van der Waals surface area contributed by atoms with Gasteiger partial charge in [-0.3, -0.25) is 4.79 Å². The van der Waals surface area contributed by atoms with Crippen LogP contribution in [0.5, 0.6) is 0 Å². The number of hydrogen-bond acceptors (Lipinski definition) is 4. The molecule has 2 saturated carbocycles. The first-order valence-electron chi connectivity index (χ1n) is 8.35. The standard InChI is InChI=1S/C18H17NO3S2/c20-17(21)11-4-2-1-3-10(11)13-12-8-5-6-9(7-8)14(12)23-16-15(13)24-18(22)19-16/h1-4,8-9,12-14H,5-7H2,(H,19,22)(H,20,21)/t8-,9+,12+,13+,14+/m0/s1. The van der Waals surface area contributed by atoms with Gasteiger partial charge in [0.15, 0.2) is 0 Å². The molecule has 2 aliphatic carbocycles. The molecule has 1 aromatic heterocycles. The molecule has 1 aromatic carbocycles. The van der Waals surface area contributed by atoms with Gasteiger partial charge in [-0.05, 0) is 48.6 Å². The Bertz CT molecular complexity index is 886. The highest BCUT2D eigenvalue weighted by Crippen LogP contribution is 2.63. The SMILES string of the molecule is O=C(O)c1ccccc1[C@H]1c2sc(=O)[nH]c2S[C@@H]2[C@@H]3CC[C@@H](C3)[C@H]12. The first kappa shape index (κ1) is 14.8. The van der Waals surface area contributed by atoms with Gasteiger partial charge >= 0.3 is 10.8 Å². The molecule has 124 valence electrons. The zero-order valence-electron chi connectivity index (χ0n) is 12.9. The Morgan fingerprint density at radius 3 is 2.83 bits per heavy atom. The van der Waals surface area contributed by atoms with Gasteiger partial charge in [-0.25, -0.2) is 4.79 Å². The number of nitrogens with one attached hydrogen (secondary N) is 1. The molecular weight excluding hydrogens is 342 g/mol. The van der Waals surface area contributed by atoms with E-state index >= 15 is 0 Å². The molecule has 2 N–H and O–H groups in total. The maximum atomic E-state index is 12.0. The van der Waals surface area contributed by atoms with Gasteiger partial charge < -0.3 is 10.1 Å². The minimum absolute atomic E-state index is 0.0300. The number of carboxylic acid groups (broad SMARTS) is 1. The van der Waals surface area contributed by atoms with Crippen LogP contribution >= 0.6 is 23.1 Å². The van der Waals surface area contributed by atoms with Crippen molar-refractivity contribution >= 4 is 29.1 Å². The smallest absolute Gasteiger partial charge is 0.335 e. The molecule has 2 fully saturated rings. The second-order valence-corrected chi connectivity index (χ2v) is 9.27. The molecule has 0 unspecified atom stereocenters. The van der Waals surface area contributed by atoms with E-state index in [2.05, 4.69) is 4.98 Å². The lowest BCUT2D eigenvalue weighted by molar-refractivity contribution is 0.0694. The Kier molecular flexibility index (Phi) is 3.22. The van der Waals surface area contributed by atoms with E-state index in [0.29, 0.717) is 28.6 Å². The number of aromatic amines is 1. The van der Waals surface area contributed by atoms with Gasteiger partial charge in [0.25, 0.3) is 0 Å². The first-order chi connectivity index (χ1) is 11.6. The van der Waals surface area contributed by atoms with Crippen LogP contribution in [-0.4, -0.2) is 21.3 Å². The van der Waals surface area contributed by atoms with Gasteiger partial charge in [-0.2, -0.15) is 0 Å². The van der Waals surface area contributed by atoms with E-state index < -0.39 is 5.97 Å². The van der Waals surface area contributed by atoms with Crippen molar-refractivity contribution in [2.75, 3.05) is 0 Å². The van der Waals surface area contributed by atoms with Gasteiger partial charge in [0.05, 0.1) is 10.6 Å². The van der Waals surface area contributed by atoms with Gasteiger partial charge in [0.1, 0.15) is 0 Å². The lowest BCUT2D eigenvalue weighted by Gasteiger charge is -2.40. The Morgan fingerprint density at radius 1 is 1.21 bits per heavy atom. The molecule has 5 atom stereocenters. The molecule has 0 spiro atoms. The van der Waals surface area contributed by atoms with Crippen molar-refractivity contribution in [1.29, 1.82) is 0 Å². The molecule has 5 rings (SSSR count). The lowest BCUT2D eigenvalue weighted by atomic mass is 9.74. The molecule has 24 heavy (non-hydrogen) atoms. The van der Waals surface area contributed by atoms with Crippen molar-refractivity contribution in [2.24, 2.45) is 17.8 Å². The fourth-order valence-corrected chi connectivity index (χ4v) is 8.05. The predicted octanol–water partition coefficient (Wildman–Crippen LogP) is 3.79. The molecule has 2 bridgehead atoms. The summed E-state index contributed by atoms with van der Waals surface area (Å²) in [6.07, 6.45) is 3.77. The fraction of sp³-hybridized carbons (Fsp3) is 0.444. The van der Waals surface area contributed by atoms with Crippen LogP contribution in [0.1, 0.15) is 46.0 Å². The van der Waals surface area contributed by atoms with Gasteiger partial charge in [0.2, 0.25) is 0 Å². The number of fused-ring (bicyclic) bond motifs is 6. The van der Waals surface area contributed by atoms with E-state index in [0.717, 1.165) is 15.5 Å². The van der Waals surface area contributed by atoms with Crippen LogP contribution < -0.4 is 4.87 Å². The highest BCUT2D eigenvalue weighted by molar-refractivity contribution is 8.00. The summed E-state index contributed by atoms with van der Waals surface area (Å²) in [5.74, 6) is 0.977. The average Bonchev–Trinajstić information content (AvgIpc) is 3.26. The van der Waals surface area contributed by atoms with Crippen molar-refractivity contribution in [3.63, 3.8) is 0 Å². The van der Waals surface area contributed by atoms with Crippen LogP contribution in [0.15, 0.2) is 34.1 Å². The maximum absolute atomic E-state index is 12.0. The van der Waals surface area contributed by atoms with Crippen molar-refractivity contribution < 1.29 is 9.90 Å². The number of carbonyl (C=O) groups is 1. The summed E-state index contributed by atoms with van der Waals surface area (Å²) in [4.78, 5) is 27.8. The summed E-state index contributed by atoms with van der Waals surface area (Å²) in [7, 11) is 0. The molecule has 2 heterocycles. The number of hydrogen-bond donors (Lipinski definition) is 2. The fourth-order valence-electron chi connectivity index (χ4n) is 5.16. The normalized spacial score (nSPS) is 33.2. The quantitative estimate of drug-likeness (QED) is 0.856. The van der Waals surface area contributed by atoms with Crippen molar-refractivity contribution in [3.8, 4) is 0 Å². The van der Waals surface area contributed by atoms with Crippen molar-refractivity contribution in [3.05, 3.63) is 49.9 Å². The number of aromatic carboxylic acids is 1. The van der Waals surface area contributed by atoms with E-state index in [4.69, 9.17) is 0 Å². The largest absolute Gasteiger partial charge is 0.478 e.